The molecule has 0 saturated carbocycles. The first-order valence-electron chi connectivity index (χ1n) is 7.05. The van der Waals surface area contributed by atoms with E-state index in [0.29, 0.717) is 6.04 Å². The molecule has 0 spiro atoms. The summed E-state index contributed by atoms with van der Waals surface area (Å²) in [6.07, 6.45) is 0. The molecule has 1 unspecified atom stereocenters. The van der Waals surface area contributed by atoms with Crippen molar-refractivity contribution in [1.82, 2.24) is 10.2 Å². The van der Waals surface area contributed by atoms with Crippen LogP contribution in [0.25, 0.3) is 0 Å². The van der Waals surface area contributed by atoms with E-state index in [2.05, 4.69) is 39.1 Å². The molecule has 1 aromatic rings. The van der Waals surface area contributed by atoms with E-state index in [1.165, 1.54) is 5.56 Å². The maximum Gasteiger partial charge on any atom is 0.123 e. The van der Waals surface area contributed by atoms with E-state index in [-0.39, 0.29) is 0 Å². The Morgan fingerprint density at radius 2 is 2.15 bits per heavy atom. The first kappa shape index (κ1) is 15.8. The summed E-state index contributed by atoms with van der Waals surface area (Å²) in [6.45, 7) is 7.87. The second kappa shape index (κ2) is 7.98. The van der Waals surface area contributed by atoms with Gasteiger partial charge in [-0.15, -0.1) is 0 Å². The molecule has 1 aliphatic rings. The normalized spacial score (nSPS) is 17.9. The highest BCUT2D eigenvalue weighted by molar-refractivity contribution is 9.10. The first-order valence-corrected chi connectivity index (χ1v) is 7.84. The molecule has 0 radical (unpaired) electrons. The Labute approximate surface area is 129 Å². The Kier molecular flexibility index (Phi) is 6.29. The van der Waals surface area contributed by atoms with E-state index >= 15 is 0 Å². The maximum atomic E-state index is 5.39. The second-order valence-electron chi connectivity index (χ2n) is 5.15. The molecule has 112 valence electrons. The fraction of sp³-hybridized carbons (Fsp3) is 0.600. The maximum absolute atomic E-state index is 5.39. The lowest BCUT2D eigenvalue weighted by molar-refractivity contribution is 0.0343. The van der Waals surface area contributed by atoms with Gasteiger partial charge in [0, 0.05) is 42.3 Å². The van der Waals surface area contributed by atoms with Crippen molar-refractivity contribution in [2.24, 2.45) is 0 Å². The minimum Gasteiger partial charge on any atom is -0.496 e. The molecule has 0 bridgehead atoms. The van der Waals surface area contributed by atoms with Gasteiger partial charge in [0.2, 0.25) is 0 Å². The van der Waals surface area contributed by atoms with Crippen molar-refractivity contribution in [1.29, 1.82) is 0 Å². The summed E-state index contributed by atoms with van der Waals surface area (Å²) < 4.78 is 11.8. The third-order valence-corrected chi connectivity index (χ3v) is 4.01. The number of methoxy groups -OCH3 is 1. The fourth-order valence-corrected chi connectivity index (χ4v) is 2.81. The van der Waals surface area contributed by atoms with Crippen molar-refractivity contribution in [2.75, 3.05) is 40.0 Å². The van der Waals surface area contributed by atoms with Gasteiger partial charge < -0.3 is 14.8 Å². The molecule has 0 amide bonds. The average molecular weight is 343 g/mol. The van der Waals surface area contributed by atoms with Crippen molar-refractivity contribution >= 4 is 15.9 Å². The van der Waals surface area contributed by atoms with Gasteiger partial charge in [0.1, 0.15) is 5.75 Å². The minimum atomic E-state index is 0.441. The summed E-state index contributed by atoms with van der Waals surface area (Å²) in [5.74, 6) is 0.930. The Hall–Kier alpha value is -0.620. The van der Waals surface area contributed by atoms with E-state index in [4.69, 9.17) is 9.47 Å². The van der Waals surface area contributed by atoms with Gasteiger partial charge in [-0.25, -0.2) is 0 Å². The van der Waals surface area contributed by atoms with Crippen LogP contribution in [0.1, 0.15) is 12.5 Å². The number of hydrogen-bond donors (Lipinski definition) is 1. The van der Waals surface area contributed by atoms with Crippen LogP contribution in [0.15, 0.2) is 22.7 Å². The molecule has 0 aliphatic carbocycles. The second-order valence-corrected chi connectivity index (χ2v) is 6.07. The highest BCUT2D eigenvalue weighted by Crippen LogP contribution is 2.22. The van der Waals surface area contributed by atoms with Gasteiger partial charge in [-0.2, -0.15) is 0 Å². The number of halogens is 1. The summed E-state index contributed by atoms with van der Waals surface area (Å²) >= 11 is 3.51. The molecular weight excluding hydrogens is 320 g/mol. The molecule has 0 aromatic heterocycles. The number of nitrogens with zero attached hydrogens (tertiary/aromatic N) is 1. The molecule has 4 nitrogen and oxygen atoms in total. The number of hydrogen-bond acceptors (Lipinski definition) is 4. The number of ether oxygens (including phenoxy) is 2. The zero-order valence-corrected chi connectivity index (χ0v) is 13.8. The van der Waals surface area contributed by atoms with Crippen LogP contribution in [-0.2, 0) is 11.3 Å². The minimum absolute atomic E-state index is 0.441. The van der Waals surface area contributed by atoms with Crippen LogP contribution in [-0.4, -0.2) is 50.9 Å². The van der Waals surface area contributed by atoms with Crippen molar-refractivity contribution in [3.05, 3.63) is 28.2 Å². The van der Waals surface area contributed by atoms with Crippen LogP contribution in [0.5, 0.6) is 5.75 Å². The van der Waals surface area contributed by atoms with E-state index in [1.807, 2.05) is 12.1 Å². The van der Waals surface area contributed by atoms with Crippen LogP contribution >= 0.6 is 15.9 Å². The monoisotopic (exact) mass is 342 g/mol. The molecule has 1 aliphatic heterocycles. The smallest absolute Gasteiger partial charge is 0.123 e. The number of nitrogens with one attached hydrogen (secondary N) is 1. The van der Waals surface area contributed by atoms with Crippen LogP contribution < -0.4 is 10.1 Å². The van der Waals surface area contributed by atoms with Gasteiger partial charge in [0.25, 0.3) is 0 Å². The molecule has 1 atom stereocenters. The molecule has 5 heteroatoms. The van der Waals surface area contributed by atoms with Crippen LogP contribution in [0.3, 0.4) is 0 Å². The fourth-order valence-electron chi connectivity index (χ4n) is 2.41. The molecule has 2 rings (SSSR count). The zero-order valence-electron chi connectivity index (χ0n) is 12.2. The lowest BCUT2D eigenvalue weighted by atomic mass is 10.2. The third kappa shape index (κ3) is 4.74. The van der Waals surface area contributed by atoms with E-state index in [1.54, 1.807) is 7.11 Å². The predicted molar refractivity (Wildman–Crippen MR) is 84.3 cm³/mol. The van der Waals surface area contributed by atoms with Crippen molar-refractivity contribution < 1.29 is 9.47 Å². The van der Waals surface area contributed by atoms with Gasteiger partial charge in [-0.1, -0.05) is 15.9 Å². The van der Waals surface area contributed by atoms with Gasteiger partial charge >= 0.3 is 0 Å². The zero-order chi connectivity index (χ0) is 14.4. The number of rotatable bonds is 6. The molecule has 1 heterocycles. The average Bonchev–Trinajstić information content (AvgIpc) is 2.46. The summed E-state index contributed by atoms with van der Waals surface area (Å²) in [6, 6.07) is 6.54. The largest absolute Gasteiger partial charge is 0.496 e. The Morgan fingerprint density at radius 1 is 1.40 bits per heavy atom. The topological polar surface area (TPSA) is 33.7 Å². The van der Waals surface area contributed by atoms with Crippen molar-refractivity contribution in [2.45, 2.75) is 19.5 Å². The Bertz CT molecular complexity index is 422. The molecule has 1 fully saturated rings. The lowest BCUT2D eigenvalue weighted by Gasteiger charge is -2.29. The number of benzene rings is 1. The van der Waals surface area contributed by atoms with E-state index in [9.17, 15) is 0 Å². The molecule has 20 heavy (non-hydrogen) atoms. The molecule has 1 saturated heterocycles. The van der Waals surface area contributed by atoms with Gasteiger partial charge in [-0.05, 0) is 25.1 Å². The SMILES string of the molecule is COc1ccc(Br)cc1CNC(C)CN1CCOCC1. The lowest BCUT2D eigenvalue weighted by Crippen LogP contribution is -2.44. The first-order chi connectivity index (χ1) is 9.69. The van der Waals surface area contributed by atoms with Crippen molar-refractivity contribution in [3.63, 3.8) is 0 Å². The van der Waals surface area contributed by atoms with E-state index in [0.717, 1.165) is 49.6 Å². The Morgan fingerprint density at radius 3 is 2.85 bits per heavy atom. The summed E-state index contributed by atoms with van der Waals surface area (Å²) in [5, 5.41) is 3.56. The van der Waals surface area contributed by atoms with Gasteiger partial charge in [0.15, 0.2) is 0 Å². The Balaban J connectivity index is 1.83. The van der Waals surface area contributed by atoms with Crippen molar-refractivity contribution in [3.8, 4) is 5.75 Å². The molecule has 1 N–H and O–H groups in total. The number of morpholine rings is 1. The van der Waals surface area contributed by atoms with Crippen LogP contribution in [0.2, 0.25) is 0 Å². The highest BCUT2D eigenvalue weighted by atomic mass is 79.9. The highest BCUT2D eigenvalue weighted by Gasteiger charge is 2.13. The summed E-state index contributed by atoms with van der Waals surface area (Å²) in [5.41, 5.74) is 1.18. The third-order valence-electron chi connectivity index (χ3n) is 3.52. The molecule has 1 aromatic carbocycles. The van der Waals surface area contributed by atoms with Crippen LogP contribution in [0, 0.1) is 0 Å². The predicted octanol–water partition coefficient (Wildman–Crippen LogP) is 2.27. The van der Waals surface area contributed by atoms with E-state index < -0.39 is 0 Å². The van der Waals surface area contributed by atoms with Gasteiger partial charge in [-0.3, -0.25) is 4.90 Å². The summed E-state index contributed by atoms with van der Waals surface area (Å²) in [4.78, 5) is 2.44. The molecular formula is C15H23BrN2O2. The quantitative estimate of drug-likeness (QED) is 0.859. The van der Waals surface area contributed by atoms with Crippen LogP contribution in [0.4, 0.5) is 0 Å². The standard InChI is InChI=1S/C15H23BrN2O2/c1-12(11-18-5-7-20-8-6-18)17-10-13-9-14(16)3-4-15(13)19-2/h3-4,9,12,17H,5-8,10-11H2,1-2H3. The van der Waals surface area contributed by atoms with Gasteiger partial charge in [0.05, 0.1) is 20.3 Å². The summed E-state index contributed by atoms with van der Waals surface area (Å²) in [7, 11) is 1.71.